The molecule has 1 amide bonds. The van der Waals surface area contributed by atoms with Gasteiger partial charge in [-0.15, -0.1) is 0 Å². The van der Waals surface area contributed by atoms with Crippen LogP contribution in [0.15, 0.2) is 30.3 Å². The van der Waals surface area contributed by atoms with Crippen molar-refractivity contribution >= 4 is 44.6 Å². The van der Waals surface area contributed by atoms with Crippen molar-refractivity contribution in [3.63, 3.8) is 0 Å². The molecule has 2 N–H and O–H groups in total. The maximum Gasteiger partial charge on any atom is 0.417 e. The predicted octanol–water partition coefficient (Wildman–Crippen LogP) is 5.36. The van der Waals surface area contributed by atoms with Gasteiger partial charge in [-0.3, -0.25) is 9.78 Å². The lowest BCUT2D eigenvalue weighted by atomic mass is 9.65. The van der Waals surface area contributed by atoms with Crippen LogP contribution in [0.3, 0.4) is 0 Å². The SMILES string of the molecule is COC(=O)C(Cc1ccc(NC(=O)c2c(C(F)(F)F)cc(C)nc2C)cc1)NC(=S)C1(CCCCS(C)(=O)=O)CCC1. The molecule has 1 saturated carbocycles. The van der Waals surface area contributed by atoms with Crippen molar-refractivity contribution in [3.8, 4) is 0 Å². The number of carbonyl (C=O) groups is 2. The van der Waals surface area contributed by atoms with Crippen molar-refractivity contribution in [2.24, 2.45) is 5.41 Å². The highest BCUT2D eigenvalue weighted by molar-refractivity contribution is 7.90. The fraction of sp³-hybridized carbons (Fsp3) is 0.517. The van der Waals surface area contributed by atoms with Gasteiger partial charge >= 0.3 is 12.1 Å². The number of unbranched alkanes of at least 4 members (excludes halogenated alkanes) is 1. The van der Waals surface area contributed by atoms with Crippen LogP contribution in [-0.2, 0) is 32.0 Å². The Morgan fingerprint density at radius 2 is 1.79 bits per heavy atom. The van der Waals surface area contributed by atoms with Gasteiger partial charge in [-0.1, -0.05) is 37.2 Å². The Hall–Kier alpha value is -3.06. The summed E-state index contributed by atoms with van der Waals surface area (Å²) >= 11 is 5.72. The van der Waals surface area contributed by atoms with E-state index in [1.807, 2.05) is 0 Å². The van der Waals surface area contributed by atoms with E-state index in [-0.39, 0.29) is 34.7 Å². The van der Waals surface area contributed by atoms with Gasteiger partial charge in [0.25, 0.3) is 5.91 Å². The van der Waals surface area contributed by atoms with Crippen molar-refractivity contribution in [2.75, 3.05) is 24.4 Å². The van der Waals surface area contributed by atoms with Crippen molar-refractivity contribution < 1.29 is 35.9 Å². The summed E-state index contributed by atoms with van der Waals surface area (Å²) in [5, 5.41) is 5.67. The highest BCUT2D eigenvalue weighted by atomic mass is 32.2. The van der Waals surface area contributed by atoms with Crippen molar-refractivity contribution in [1.82, 2.24) is 10.3 Å². The lowest BCUT2D eigenvalue weighted by molar-refractivity contribution is -0.142. The minimum absolute atomic E-state index is 0.0287. The second kappa shape index (κ2) is 13.5. The number of methoxy groups -OCH3 is 1. The molecular weight excluding hydrogens is 591 g/mol. The second-order valence-corrected chi connectivity index (χ2v) is 13.6. The van der Waals surface area contributed by atoms with E-state index in [0.29, 0.717) is 23.4 Å². The molecule has 1 atom stereocenters. The zero-order chi connectivity index (χ0) is 31.3. The summed E-state index contributed by atoms with van der Waals surface area (Å²) in [6.07, 6.45) is 1.38. The molecule has 0 aliphatic heterocycles. The van der Waals surface area contributed by atoms with Gasteiger partial charge in [-0.05, 0) is 63.3 Å². The quantitative estimate of drug-likeness (QED) is 0.184. The normalized spacial score (nSPS) is 15.3. The van der Waals surface area contributed by atoms with Crippen LogP contribution in [0, 0.1) is 19.3 Å². The molecule has 0 saturated heterocycles. The number of nitrogens with one attached hydrogen (secondary N) is 2. The van der Waals surface area contributed by atoms with Crippen LogP contribution >= 0.6 is 12.2 Å². The smallest absolute Gasteiger partial charge is 0.417 e. The highest BCUT2D eigenvalue weighted by Gasteiger charge is 2.42. The van der Waals surface area contributed by atoms with Gasteiger partial charge in [0.1, 0.15) is 15.9 Å². The summed E-state index contributed by atoms with van der Waals surface area (Å²) in [4.78, 5) is 30.0. The van der Waals surface area contributed by atoms with E-state index >= 15 is 0 Å². The maximum absolute atomic E-state index is 13.6. The Morgan fingerprint density at radius 1 is 1.14 bits per heavy atom. The first-order valence-corrected chi connectivity index (χ1v) is 16.0. The molecule has 1 aliphatic rings. The van der Waals surface area contributed by atoms with E-state index in [9.17, 15) is 31.2 Å². The molecule has 1 aromatic heterocycles. The summed E-state index contributed by atoms with van der Waals surface area (Å²) in [6, 6.07) is 6.46. The number of hydrogen-bond acceptors (Lipinski definition) is 7. The van der Waals surface area contributed by atoms with Crippen LogP contribution in [0.1, 0.15) is 71.4 Å². The van der Waals surface area contributed by atoms with Gasteiger partial charge in [0.2, 0.25) is 0 Å². The predicted molar refractivity (Wildman–Crippen MR) is 158 cm³/mol. The molecule has 42 heavy (non-hydrogen) atoms. The topological polar surface area (TPSA) is 114 Å². The van der Waals surface area contributed by atoms with Crippen LogP contribution in [0.25, 0.3) is 0 Å². The first-order chi connectivity index (χ1) is 19.5. The molecule has 2 aromatic rings. The standard InChI is InChI=1S/C29H36F3N3O5S2/c1-18-16-22(29(30,31)32)24(19(2)33-18)25(36)34-21-10-8-20(9-11-21)17-23(26(37)40-3)35-27(41)28(13-7-14-28)12-5-6-15-42(4,38)39/h8-11,16,23H,5-7,12-15,17H2,1-4H3,(H,34,36)(H,35,41). The van der Waals surface area contributed by atoms with E-state index in [4.69, 9.17) is 17.0 Å². The number of nitrogens with zero attached hydrogens (tertiary/aromatic N) is 1. The molecule has 13 heteroatoms. The molecule has 1 aliphatic carbocycles. The van der Waals surface area contributed by atoms with Gasteiger partial charge in [0.05, 0.1) is 28.9 Å². The van der Waals surface area contributed by atoms with Crippen LogP contribution in [0.4, 0.5) is 18.9 Å². The summed E-state index contributed by atoms with van der Waals surface area (Å²) < 4.78 is 68.7. The third kappa shape index (κ3) is 8.73. The molecule has 3 rings (SSSR count). The van der Waals surface area contributed by atoms with E-state index < -0.39 is 45.1 Å². The number of carbonyl (C=O) groups excluding carboxylic acids is 2. The van der Waals surface area contributed by atoms with Crippen molar-refractivity contribution in [1.29, 1.82) is 0 Å². The van der Waals surface area contributed by atoms with Crippen LogP contribution in [-0.4, -0.2) is 55.4 Å². The molecule has 0 bridgehead atoms. The number of hydrogen-bond donors (Lipinski definition) is 2. The monoisotopic (exact) mass is 627 g/mol. The van der Waals surface area contributed by atoms with Crippen molar-refractivity contribution in [3.05, 3.63) is 58.4 Å². The molecule has 1 aromatic carbocycles. The van der Waals surface area contributed by atoms with Gasteiger partial charge < -0.3 is 15.4 Å². The van der Waals surface area contributed by atoms with Crippen LogP contribution in [0.5, 0.6) is 0 Å². The number of anilines is 1. The summed E-state index contributed by atoms with van der Waals surface area (Å²) in [6.45, 7) is 2.79. The molecule has 1 heterocycles. The highest BCUT2D eigenvalue weighted by Crippen LogP contribution is 2.46. The number of sulfone groups is 1. The van der Waals surface area contributed by atoms with E-state index in [2.05, 4.69) is 15.6 Å². The number of ether oxygens (including phenoxy) is 1. The Labute approximate surface area is 249 Å². The molecule has 0 radical (unpaired) electrons. The largest absolute Gasteiger partial charge is 0.467 e. The lowest BCUT2D eigenvalue weighted by Gasteiger charge is -2.43. The number of aromatic nitrogens is 1. The van der Waals surface area contributed by atoms with Crippen LogP contribution in [0.2, 0.25) is 0 Å². The van der Waals surface area contributed by atoms with Gasteiger partial charge in [-0.25, -0.2) is 13.2 Å². The summed E-state index contributed by atoms with van der Waals surface area (Å²) in [5.74, 6) is -1.32. The molecule has 8 nitrogen and oxygen atoms in total. The number of benzene rings is 1. The number of halogens is 3. The number of esters is 1. The molecule has 0 spiro atoms. The Bertz CT molecular complexity index is 1420. The zero-order valence-corrected chi connectivity index (χ0v) is 25.7. The Kier molecular flexibility index (Phi) is 10.7. The first kappa shape index (κ1) is 33.4. The molecule has 1 fully saturated rings. The molecular formula is C29H36F3N3O5S2. The third-order valence-corrected chi connectivity index (χ3v) is 9.10. The number of pyridine rings is 1. The Balaban J connectivity index is 1.68. The minimum atomic E-state index is -4.72. The fourth-order valence-corrected chi connectivity index (χ4v) is 6.34. The van der Waals surface area contributed by atoms with E-state index in [0.717, 1.165) is 31.7 Å². The number of alkyl halides is 3. The van der Waals surface area contributed by atoms with E-state index in [1.165, 1.54) is 27.2 Å². The first-order valence-electron chi connectivity index (χ1n) is 13.6. The number of thiocarbonyl (C=S) groups is 1. The second-order valence-electron chi connectivity index (χ2n) is 10.9. The van der Waals surface area contributed by atoms with Gasteiger partial charge in [-0.2, -0.15) is 13.2 Å². The average molecular weight is 628 g/mol. The zero-order valence-electron chi connectivity index (χ0n) is 24.1. The maximum atomic E-state index is 13.6. The average Bonchev–Trinajstić information content (AvgIpc) is 2.86. The lowest BCUT2D eigenvalue weighted by Crippen LogP contribution is -2.51. The molecule has 230 valence electrons. The summed E-state index contributed by atoms with van der Waals surface area (Å²) in [7, 11) is -1.76. The minimum Gasteiger partial charge on any atom is -0.467 e. The number of aryl methyl sites for hydroxylation is 2. The van der Waals surface area contributed by atoms with E-state index in [1.54, 1.807) is 24.3 Å². The number of rotatable bonds is 12. The van der Waals surface area contributed by atoms with Crippen molar-refractivity contribution in [2.45, 2.75) is 71.0 Å². The van der Waals surface area contributed by atoms with Gasteiger partial charge in [0.15, 0.2) is 0 Å². The van der Waals surface area contributed by atoms with Crippen LogP contribution < -0.4 is 10.6 Å². The number of amides is 1. The molecule has 1 unspecified atom stereocenters. The fourth-order valence-electron chi connectivity index (χ4n) is 5.16. The van der Waals surface area contributed by atoms with Gasteiger partial charge in [0, 0.05) is 35.2 Å². The third-order valence-electron chi connectivity index (χ3n) is 7.52. The Morgan fingerprint density at radius 3 is 2.31 bits per heavy atom. The summed E-state index contributed by atoms with van der Waals surface area (Å²) in [5.41, 5.74) is -0.767.